The topological polar surface area (TPSA) is 54.0 Å². The molecule has 1 heterocycles. The molecule has 0 amide bonds. The number of ether oxygens (including phenoxy) is 4. The van der Waals surface area contributed by atoms with Crippen LogP contribution in [0.4, 0.5) is 0 Å². The molecule has 0 N–H and O–H groups in total. The van der Waals surface area contributed by atoms with Crippen LogP contribution in [0.3, 0.4) is 0 Å². The van der Waals surface area contributed by atoms with E-state index in [0.29, 0.717) is 35.2 Å². The van der Waals surface area contributed by atoms with Crippen LogP contribution in [0.25, 0.3) is 6.08 Å². The van der Waals surface area contributed by atoms with Crippen molar-refractivity contribution in [2.75, 3.05) is 14.2 Å². The van der Waals surface area contributed by atoms with Crippen LogP contribution in [0.2, 0.25) is 0 Å². The summed E-state index contributed by atoms with van der Waals surface area (Å²) in [6.45, 7) is 0.444. The molecule has 0 bridgehead atoms. The van der Waals surface area contributed by atoms with Crippen molar-refractivity contribution in [3.63, 3.8) is 0 Å². The average molecular weight is 388 g/mol. The Morgan fingerprint density at radius 2 is 1.69 bits per heavy atom. The number of Topliss-reactive ketones (excluding diaryl/α,β-unsaturated/α-hetero) is 1. The van der Waals surface area contributed by atoms with Crippen molar-refractivity contribution in [1.29, 1.82) is 0 Å². The molecule has 4 rings (SSSR count). The van der Waals surface area contributed by atoms with E-state index >= 15 is 0 Å². The van der Waals surface area contributed by atoms with E-state index in [1.807, 2.05) is 36.4 Å². The summed E-state index contributed by atoms with van der Waals surface area (Å²) < 4.78 is 22.2. The number of ketones is 1. The van der Waals surface area contributed by atoms with E-state index in [-0.39, 0.29) is 11.5 Å². The minimum Gasteiger partial charge on any atom is -0.497 e. The van der Waals surface area contributed by atoms with E-state index in [2.05, 4.69) is 0 Å². The fraction of sp³-hybridized carbons (Fsp3) is 0.125. The van der Waals surface area contributed by atoms with Crippen molar-refractivity contribution in [3.8, 4) is 23.0 Å². The highest BCUT2D eigenvalue weighted by Crippen LogP contribution is 2.36. The first-order chi connectivity index (χ1) is 14.2. The quantitative estimate of drug-likeness (QED) is 0.562. The van der Waals surface area contributed by atoms with Gasteiger partial charge in [0.15, 0.2) is 5.76 Å². The molecule has 29 heavy (non-hydrogen) atoms. The van der Waals surface area contributed by atoms with E-state index in [0.717, 1.165) is 11.1 Å². The standard InChI is InChI=1S/C24H20O5/c1-26-18-9-8-17(21(13-18)27-2)12-23-24(25)20-11-10-19(14-22(20)29-23)28-15-16-6-4-3-5-7-16/h3-14H,15H2,1-2H3. The predicted molar refractivity (Wildman–Crippen MR) is 110 cm³/mol. The van der Waals surface area contributed by atoms with Gasteiger partial charge in [-0.1, -0.05) is 30.3 Å². The lowest BCUT2D eigenvalue weighted by atomic mass is 10.1. The number of rotatable bonds is 6. The number of carbonyl (C=O) groups is 1. The van der Waals surface area contributed by atoms with Gasteiger partial charge in [-0.05, 0) is 35.9 Å². The van der Waals surface area contributed by atoms with E-state index < -0.39 is 0 Å². The highest BCUT2D eigenvalue weighted by atomic mass is 16.5. The number of carbonyl (C=O) groups excluding carboxylic acids is 1. The van der Waals surface area contributed by atoms with Gasteiger partial charge in [-0.15, -0.1) is 0 Å². The minimum atomic E-state index is -0.174. The zero-order chi connectivity index (χ0) is 20.2. The molecule has 0 fully saturated rings. The Morgan fingerprint density at radius 3 is 2.45 bits per heavy atom. The minimum absolute atomic E-state index is 0.174. The van der Waals surface area contributed by atoms with Gasteiger partial charge in [0.25, 0.3) is 0 Å². The Labute approximate surface area is 169 Å². The first-order valence-electron chi connectivity index (χ1n) is 9.15. The molecular weight excluding hydrogens is 368 g/mol. The number of methoxy groups -OCH3 is 2. The highest BCUT2D eigenvalue weighted by Gasteiger charge is 2.28. The fourth-order valence-corrected chi connectivity index (χ4v) is 3.08. The Kier molecular flexibility index (Phi) is 5.20. The second-order valence-electron chi connectivity index (χ2n) is 6.48. The smallest absolute Gasteiger partial charge is 0.231 e. The Balaban J connectivity index is 1.54. The number of allylic oxidation sites excluding steroid dienone is 1. The molecule has 0 saturated heterocycles. The highest BCUT2D eigenvalue weighted by molar-refractivity contribution is 6.14. The molecule has 0 atom stereocenters. The molecule has 1 aliphatic rings. The van der Waals surface area contributed by atoms with E-state index in [9.17, 15) is 4.79 Å². The second kappa shape index (κ2) is 8.10. The summed E-state index contributed by atoms with van der Waals surface area (Å²) in [4.78, 5) is 12.7. The van der Waals surface area contributed by atoms with Crippen LogP contribution in [0.5, 0.6) is 23.0 Å². The molecule has 0 saturated carbocycles. The molecule has 0 aromatic heterocycles. The van der Waals surface area contributed by atoms with Crippen LogP contribution >= 0.6 is 0 Å². The molecular formula is C24H20O5. The Bertz CT molecular complexity index is 1070. The van der Waals surface area contributed by atoms with Crippen molar-refractivity contribution in [1.82, 2.24) is 0 Å². The summed E-state index contributed by atoms with van der Waals surface area (Å²) in [7, 11) is 3.16. The van der Waals surface area contributed by atoms with Crippen molar-refractivity contribution < 1.29 is 23.7 Å². The first-order valence-corrected chi connectivity index (χ1v) is 9.15. The van der Waals surface area contributed by atoms with Crippen molar-refractivity contribution in [2.24, 2.45) is 0 Å². The normalized spacial score (nSPS) is 13.7. The average Bonchev–Trinajstić information content (AvgIpc) is 3.08. The Morgan fingerprint density at radius 1 is 0.897 bits per heavy atom. The summed E-state index contributed by atoms with van der Waals surface area (Å²) >= 11 is 0. The summed E-state index contributed by atoms with van der Waals surface area (Å²) in [6.07, 6.45) is 1.67. The van der Waals surface area contributed by atoms with E-state index in [1.165, 1.54) is 0 Å². The van der Waals surface area contributed by atoms with Gasteiger partial charge in [-0.3, -0.25) is 4.79 Å². The molecule has 0 spiro atoms. The number of benzene rings is 3. The van der Waals surface area contributed by atoms with E-state index in [1.54, 1.807) is 50.6 Å². The first kappa shape index (κ1) is 18.6. The molecule has 0 radical (unpaired) electrons. The van der Waals surface area contributed by atoms with Crippen LogP contribution in [0.1, 0.15) is 21.5 Å². The van der Waals surface area contributed by atoms with Crippen LogP contribution in [-0.4, -0.2) is 20.0 Å². The van der Waals surface area contributed by atoms with Gasteiger partial charge in [-0.25, -0.2) is 0 Å². The summed E-state index contributed by atoms with van der Waals surface area (Å²) in [6, 6.07) is 20.5. The zero-order valence-electron chi connectivity index (χ0n) is 16.2. The maximum atomic E-state index is 12.7. The third-order valence-electron chi connectivity index (χ3n) is 4.62. The summed E-state index contributed by atoms with van der Waals surface area (Å²) in [5, 5.41) is 0. The van der Waals surface area contributed by atoms with Crippen molar-refractivity contribution >= 4 is 11.9 Å². The lowest BCUT2D eigenvalue weighted by Crippen LogP contribution is -1.99. The van der Waals surface area contributed by atoms with E-state index in [4.69, 9.17) is 18.9 Å². The second-order valence-corrected chi connectivity index (χ2v) is 6.48. The van der Waals surface area contributed by atoms with Crippen LogP contribution in [-0.2, 0) is 6.61 Å². The fourth-order valence-electron chi connectivity index (χ4n) is 3.08. The summed E-state index contributed by atoms with van der Waals surface area (Å²) in [5.41, 5.74) is 2.30. The Hall–Kier alpha value is -3.73. The molecule has 5 nitrogen and oxygen atoms in total. The largest absolute Gasteiger partial charge is 0.497 e. The van der Waals surface area contributed by atoms with Gasteiger partial charge in [0.2, 0.25) is 5.78 Å². The number of hydrogen-bond acceptors (Lipinski definition) is 5. The van der Waals surface area contributed by atoms with Gasteiger partial charge >= 0.3 is 0 Å². The zero-order valence-corrected chi connectivity index (χ0v) is 16.2. The molecule has 0 unspecified atom stereocenters. The third kappa shape index (κ3) is 3.94. The molecule has 3 aromatic rings. The lowest BCUT2D eigenvalue weighted by molar-refractivity contribution is 0.101. The number of hydrogen-bond donors (Lipinski definition) is 0. The van der Waals surface area contributed by atoms with Crippen molar-refractivity contribution in [3.05, 3.63) is 89.2 Å². The van der Waals surface area contributed by atoms with Gasteiger partial charge in [-0.2, -0.15) is 0 Å². The van der Waals surface area contributed by atoms with Crippen LogP contribution in [0.15, 0.2) is 72.5 Å². The molecule has 5 heteroatoms. The maximum Gasteiger partial charge on any atom is 0.231 e. The van der Waals surface area contributed by atoms with Gasteiger partial charge in [0, 0.05) is 17.7 Å². The monoisotopic (exact) mass is 388 g/mol. The van der Waals surface area contributed by atoms with Gasteiger partial charge in [0.1, 0.15) is 29.6 Å². The summed E-state index contributed by atoms with van der Waals surface area (Å²) in [5.74, 6) is 2.46. The molecule has 146 valence electrons. The number of fused-ring (bicyclic) bond motifs is 1. The third-order valence-corrected chi connectivity index (χ3v) is 4.62. The maximum absolute atomic E-state index is 12.7. The molecule has 1 aliphatic heterocycles. The van der Waals surface area contributed by atoms with Gasteiger partial charge < -0.3 is 18.9 Å². The molecule has 0 aliphatic carbocycles. The predicted octanol–water partition coefficient (Wildman–Crippen LogP) is 4.90. The van der Waals surface area contributed by atoms with Crippen LogP contribution in [0, 0.1) is 0 Å². The lowest BCUT2D eigenvalue weighted by Gasteiger charge is -2.08. The SMILES string of the molecule is COc1ccc(C=C2Oc3cc(OCc4ccccc4)ccc3C2=O)c(OC)c1. The molecule has 3 aromatic carbocycles. The van der Waals surface area contributed by atoms with Crippen LogP contribution < -0.4 is 18.9 Å². The van der Waals surface area contributed by atoms with Crippen molar-refractivity contribution in [2.45, 2.75) is 6.61 Å². The van der Waals surface area contributed by atoms with Gasteiger partial charge in [0.05, 0.1) is 19.8 Å².